The molecule has 52 valence electrons. The Hall–Kier alpha value is -0.720. The normalized spacial score (nSPS) is 10.7. The van der Waals surface area contributed by atoms with Crippen molar-refractivity contribution in [1.29, 1.82) is 0 Å². The van der Waals surface area contributed by atoms with Gasteiger partial charge in [-0.05, 0) is 12.0 Å². The molecule has 1 heteroatoms. The van der Waals surface area contributed by atoms with E-state index in [0.29, 0.717) is 11.7 Å². The van der Waals surface area contributed by atoms with Gasteiger partial charge < -0.3 is 4.74 Å². The second kappa shape index (κ2) is 4.19. The zero-order chi connectivity index (χ0) is 7.28. The fraction of sp³-hybridized carbons (Fsp3) is 0.500. The highest BCUT2D eigenvalue weighted by Gasteiger charge is 1.84. The van der Waals surface area contributed by atoms with Gasteiger partial charge in [-0.2, -0.15) is 0 Å². The molecule has 9 heavy (non-hydrogen) atoms. The fourth-order valence-corrected chi connectivity index (χ4v) is 0.368. The van der Waals surface area contributed by atoms with Gasteiger partial charge in [-0.25, -0.2) is 0 Å². The minimum absolute atomic E-state index is 0.567. The Morgan fingerprint density at radius 1 is 1.56 bits per heavy atom. The van der Waals surface area contributed by atoms with Crippen LogP contribution in [0.2, 0.25) is 0 Å². The molecule has 0 aromatic rings. The molecule has 0 heterocycles. The first-order chi connectivity index (χ1) is 4.16. The maximum Gasteiger partial charge on any atom is 0.111 e. The van der Waals surface area contributed by atoms with Gasteiger partial charge in [0.15, 0.2) is 0 Å². The minimum atomic E-state index is 0.567. The van der Waals surface area contributed by atoms with Crippen LogP contribution in [0.4, 0.5) is 0 Å². The number of hydrogen-bond donors (Lipinski definition) is 0. The van der Waals surface area contributed by atoms with Crippen molar-refractivity contribution in [2.24, 2.45) is 5.92 Å². The molecule has 0 aliphatic rings. The summed E-state index contributed by atoms with van der Waals surface area (Å²) in [4.78, 5) is 0. The van der Waals surface area contributed by atoms with Gasteiger partial charge in [0.25, 0.3) is 0 Å². The van der Waals surface area contributed by atoms with E-state index in [-0.39, 0.29) is 0 Å². The molecule has 0 fully saturated rings. The molecule has 0 aliphatic carbocycles. The van der Waals surface area contributed by atoms with Gasteiger partial charge >= 0.3 is 0 Å². The van der Waals surface area contributed by atoms with Gasteiger partial charge in [0, 0.05) is 0 Å². The van der Waals surface area contributed by atoms with E-state index < -0.39 is 0 Å². The number of rotatable bonds is 3. The molecule has 0 aliphatic heterocycles. The van der Waals surface area contributed by atoms with E-state index >= 15 is 0 Å². The predicted octanol–water partition coefficient (Wildman–Crippen LogP) is 2.36. The van der Waals surface area contributed by atoms with Gasteiger partial charge in [0.1, 0.15) is 5.76 Å². The van der Waals surface area contributed by atoms with Crippen LogP contribution < -0.4 is 0 Å². The standard InChI is InChI=1S/C8H14O/c1-7(2)5-6-8(3)9-4/h5-7H,3H2,1-2,4H3/b6-5+. The molecule has 0 saturated carbocycles. The Labute approximate surface area is 57.0 Å². The van der Waals surface area contributed by atoms with Crippen molar-refractivity contribution in [2.45, 2.75) is 13.8 Å². The Balaban J connectivity index is 3.57. The fourth-order valence-electron chi connectivity index (χ4n) is 0.368. The first-order valence-corrected chi connectivity index (χ1v) is 3.08. The van der Waals surface area contributed by atoms with Crippen LogP contribution in [0.3, 0.4) is 0 Å². The van der Waals surface area contributed by atoms with Crippen molar-refractivity contribution in [1.82, 2.24) is 0 Å². The highest BCUT2D eigenvalue weighted by molar-refractivity contribution is 5.07. The van der Waals surface area contributed by atoms with E-state index in [9.17, 15) is 0 Å². The molecule has 0 radical (unpaired) electrons. The topological polar surface area (TPSA) is 9.23 Å². The third-order valence-electron chi connectivity index (χ3n) is 0.929. The van der Waals surface area contributed by atoms with Gasteiger partial charge in [0.05, 0.1) is 7.11 Å². The summed E-state index contributed by atoms with van der Waals surface area (Å²) in [5.41, 5.74) is 0. The Morgan fingerprint density at radius 2 is 2.11 bits per heavy atom. The number of hydrogen-bond acceptors (Lipinski definition) is 1. The highest BCUT2D eigenvalue weighted by atomic mass is 16.5. The predicted molar refractivity (Wildman–Crippen MR) is 40.1 cm³/mol. The van der Waals surface area contributed by atoms with E-state index in [1.54, 1.807) is 7.11 Å². The van der Waals surface area contributed by atoms with Crippen molar-refractivity contribution in [3.8, 4) is 0 Å². The highest BCUT2D eigenvalue weighted by Crippen LogP contribution is 1.98. The van der Waals surface area contributed by atoms with Crippen molar-refractivity contribution in [3.05, 3.63) is 24.5 Å². The Morgan fingerprint density at radius 3 is 2.44 bits per heavy atom. The lowest BCUT2D eigenvalue weighted by atomic mass is 10.2. The van der Waals surface area contributed by atoms with Crippen molar-refractivity contribution >= 4 is 0 Å². The Bertz CT molecular complexity index is 112. The zero-order valence-corrected chi connectivity index (χ0v) is 6.35. The molecule has 0 aromatic heterocycles. The molecular weight excluding hydrogens is 112 g/mol. The lowest BCUT2D eigenvalue weighted by Crippen LogP contribution is -1.81. The summed E-state index contributed by atoms with van der Waals surface area (Å²) in [6, 6.07) is 0. The molecule has 0 N–H and O–H groups in total. The second-order valence-electron chi connectivity index (χ2n) is 2.27. The number of methoxy groups -OCH3 is 1. The molecule has 0 amide bonds. The summed E-state index contributed by atoms with van der Waals surface area (Å²) < 4.78 is 4.82. The van der Waals surface area contributed by atoms with E-state index in [1.807, 2.05) is 12.2 Å². The van der Waals surface area contributed by atoms with Gasteiger partial charge in [-0.15, -0.1) is 0 Å². The quantitative estimate of drug-likeness (QED) is 0.416. The van der Waals surface area contributed by atoms with Crippen LogP contribution in [-0.4, -0.2) is 7.11 Å². The SMILES string of the molecule is C=C(/C=C/C(C)C)OC. The summed E-state index contributed by atoms with van der Waals surface area (Å²) in [6.45, 7) is 7.86. The van der Waals surface area contributed by atoms with Crippen molar-refractivity contribution in [3.63, 3.8) is 0 Å². The molecule has 1 nitrogen and oxygen atoms in total. The molecule has 0 bridgehead atoms. The number of ether oxygens (including phenoxy) is 1. The van der Waals surface area contributed by atoms with Crippen LogP contribution in [-0.2, 0) is 4.74 Å². The molecule has 0 unspecified atom stereocenters. The van der Waals surface area contributed by atoms with Crippen LogP contribution in [0.5, 0.6) is 0 Å². The minimum Gasteiger partial charge on any atom is -0.497 e. The monoisotopic (exact) mass is 126 g/mol. The Kier molecular flexibility index (Phi) is 3.85. The smallest absolute Gasteiger partial charge is 0.111 e. The third kappa shape index (κ3) is 5.15. The summed E-state index contributed by atoms with van der Waals surface area (Å²) in [5.74, 6) is 1.28. The van der Waals surface area contributed by atoms with E-state index in [2.05, 4.69) is 20.4 Å². The van der Waals surface area contributed by atoms with Crippen LogP contribution in [0.15, 0.2) is 24.5 Å². The summed E-state index contributed by atoms with van der Waals surface area (Å²) in [6.07, 6.45) is 3.93. The van der Waals surface area contributed by atoms with Crippen LogP contribution in [0.25, 0.3) is 0 Å². The first-order valence-electron chi connectivity index (χ1n) is 3.08. The van der Waals surface area contributed by atoms with Crippen molar-refractivity contribution < 1.29 is 4.74 Å². The van der Waals surface area contributed by atoms with Gasteiger partial charge in [-0.3, -0.25) is 0 Å². The van der Waals surface area contributed by atoms with Gasteiger partial charge in [0.2, 0.25) is 0 Å². The molecule has 0 aromatic carbocycles. The largest absolute Gasteiger partial charge is 0.497 e. The zero-order valence-electron chi connectivity index (χ0n) is 6.35. The average Bonchev–Trinajstić information content (AvgIpc) is 1.83. The summed E-state index contributed by atoms with van der Waals surface area (Å²) >= 11 is 0. The molecular formula is C8H14O. The molecule has 0 spiro atoms. The molecule has 0 rings (SSSR count). The second-order valence-corrected chi connectivity index (χ2v) is 2.27. The third-order valence-corrected chi connectivity index (χ3v) is 0.929. The van der Waals surface area contributed by atoms with Crippen LogP contribution in [0, 0.1) is 5.92 Å². The van der Waals surface area contributed by atoms with Crippen LogP contribution in [0.1, 0.15) is 13.8 Å². The first kappa shape index (κ1) is 8.28. The van der Waals surface area contributed by atoms with E-state index in [1.165, 1.54) is 0 Å². The van der Waals surface area contributed by atoms with Gasteiger partial charge in [-0.1, -0.05) is 26.5 Å². The summed E-state index contributed by atoms with van der Waals surface area (Å²) in [7, 11) is 1.62. The van der Waals surface area contributed by atoms with E-state index in [0.717, 1.165) is 0 Å². The average molecular weight is 126 g/mol. The van der Waals surface area contributed by atoms with Crippen molar-refractivity contribution in [2.75, 3.05) is 7.11 Å². The number of allylic oxidation sites excluding steroid dienone is 2. The molecule has 0 saturated heterocycles. The lowest BCUT2D eigenvalue weighted by Gasteiger charge is -1.96. The lowest BCUT2D eigenvalue weighted by molar-refractivity contribution is 0.308. The maximum absolute atomic E-state index is 4.82. The summed E-state index contributed by atoms with van der Waals surface area (Å²) in [5, 5.41) is 0. The van der Waals surface area contributed by atoms with Crippen LogP contribution >= 0.6 is 0 Å². The molecule has 0 atom stereocenters. The maximum atomic E-state index is 4.82. The van der Waals surface area contributed by atoms with E-state index in [4.69, 9.17) is 4.74 Å².